The van der Waals surface area contributed by atoms with E-state index in [1.54, 1.807) is 13.0 Å². The van der Waals surface area contributed by atoms with Crippen molar-refractivity contribution in [1.29, 1.82) is 0 Å². The van der Waals surface area contributed by atoms with Crippen LogP contribution in [0.15, 0.2) is 41.5 Å². The second kappa shape index (κ2) is 5.36. The van der Waals surface area contributed by atoms with Gasteiger partial charge in [-0.2, -0.15) is 0 Å². The van der Waals surface area contributed by atoms with Crippen LogP contribution in [0.25, 0.3) is 0 Å². The van der Waals surface area contributed by atoms with Gasteiger partial charge in [0.2, 0.25) is 0 Å². The molecule has 0 spiro atoms. The maximum Gasteiger partial charge on any atom is 0.573 e. The number of hydrogen-bond acceptors (Lipinski definition) is 3. The average molecular weight is 284 g/mol. The Kier molecular flexibility index (Phi) is 3.78. The van der Waals surface area contributed by atoms with Crippen molar-refractivity contribution in [2.24, 2.45) is 0 Å². The van der Waals surface area contributed by atoms with E-state index in [1.165, 1.54) is 35.2 Å². The first-order chi connectivity index (χ1) is 9.35. The number of aromatic nitrogens is 2. The molecule has 20 heavy (non-hydrogen) atoms. The number of ether oxygens (including phenoxy) is 1. The number of benzene rings is 1. The minimum atomic E-state index is -4.77. The van der Waals surface area contributed by atoms with Crippen molar-refractivity contribution in [3.05, 3.63) is 58.3 Å². The molecule has 0 fully saturated rings. The Hall–Kier alpha value is -2.31. The molecule has 0 bridgehead atoms. The lowest BCUT2D eigenvalue weighted by molar-refractivity contribution is -0.274. The van der Waals surface area contributed by atoms with Crippen molar-refractivity contribution in [1.82, 2.24) is 9.55 Å². The van der Waals surface area contributed by atoms with Gasteiger partial charge in [0.25, 0.3) is 5.56 Å². The van der Waals surface area contributed by atoms with E-state index >= 15 is 0 Å². The normalized spacial score (nSPS) is 11.4. The standard InChI is InChI=1S/C13H11F3N2O2/c1-9-6-12(19)18(8-17-9)7-10-4-2-3-5-11(10)20-13(14,15)16/h2-6,8H,7H2,1H3. The summed E-state index contributed by atoms with van der Waals surface area (Å²) in [5.74, 6) is -0.326. The van der Waals surface area contributed by atoms with E-state index in [0.29, 0.717) is 5.69 Å². The smallest absolute Gasteiger partial charge is 0.405 e. The van der Waals surface area contributed by atoms with Gasteiger partial charge < -0.3 is 4.74 Å². The molecule has 1 aromatic heterocycles. The molecule has 0 N–H and O–H groups in total. The summed E-state index contributed by atoms with van der Waals surface area (Å²) in [6.45, 7) is 1.62. The summed E-state index contributed by atoms with van der Waals surface area (Å²) in [5.41, 5.74) is 0.461. The van der Waals surface area contributed by atoms with Gasteiger partial charge in [0, 0.05) is 17.3 Å². The molecule has 0 saturated heterocycles. The van der Waals surface area contributed by atoms with Gasteiger partial charge >= 0.3 is 6.36 Å². The summed E-state index contributed by atoms with van der Waals surface area (Å²) in [6.07, 6.45) is -3.48. The molecule has 7 heteroatoms. The number of alkyl halides is 3. The topological polar surface area (TPSA) is 44.1 Å². The quantitative estimate of drug-likeness (QED) is 0.869. The van der Waals surface area contributed by atoms with Gasteiger partial charge in [-0.3, -0.25) is 9.36 Å². The maximum atomic E-state index is 12.3. The summed E-state index contributed by atoms with van der Waals surface area (Å²) < 4.78 is 42.0. The van der Waals surface area contributed by atoms with Crippen molar-refractivity contribution >= 4 is 0 Å². The van der Waals surface area contributed by atoms with E-state index in [0.717, 1.165) is 0 Å². The first kappa shape index (κ1) is 14.1. The van der Waals surface area contributed by atoms with Crippen LogP contribution < -0.4 is 10.3 Å². The van der Waals surface area contributed by atoms with Crippen LogP contribution >= 0.6 is 0 Å². The first-order valence-corrected chi connectivity index (χ1v) is 5.72. The fraction of sp³-hybridized carbons (Fsp3) is 0.231. The molecule has 2 aromatic rings. The van der Waals surface area contributed by atoms with Crippen molar-refractivity contribution in [3.63, 3.8) is 0 Å². The third-order valence-electron chi connectivity index (χ3n) is 2.56. The van der Waals surface area contributed by atoms with Crippen LogP contribution in [0.5, 0.6) is 5.75 Å². The molecule has 0 amide bonds. The molecule has 1 heterocycles. The van der Waals surface area contributed by atoms with Crippen molar-refractivity contribution in [2.75, 3.05) is 0 Å². The van der Waals surface area contributed by atoms with Crippen molar-refractivity contribution in [2.45, 2.75) is 19.8 Å². The second-order valence-corrected chi connectivity index (χ2v) is 4.15. The number of halogens is 3. The van der Waals surface area contributed by atoms with Crippen LogP contribution in [-0.2, 0) is 6.54 Å². The highest BCUT2D eigenvalue weighted by molar-refractivity contribution is 5.33. The molecule has 0 aliphatic heterocycles. The third kappa shape index (κ3) is 3.59. The molecule has 0 aliphatic rings. The van der Waals surface area contributed by atoms with Gasteiger partial charge in [-0.25, -0.2) is 4.98 Å². The molecule has 4 nitrogen and oxygen atoms in total. The Morgan fingerprint density at radius 1 is 1.30 bits per heavy atom. The van der Waals surface area contributed by atoms with Gasteiger partial charge in [0.15, 0.2) is 0 Å². The first-order valence-electron chi connectivity index (χ1n) is 5.72. The van der Waals surface area contributed by atoms with Crippen LogP contribution in [0.3, 0.4) is 0 Å². The largest absolute Gasteiger partial charge is 0.573 e. The van der Waals surface area contributed by atoms with Crippen molar-refractivity contribution in [3.8, 4) is 5.75 Å². The van der Waals surface area contributed by atoms with Crippen LogP contribution in [0.1, 0.15) is 11.3 Å². The minimum absolute atomic E-state index is 0.0433. The Morgan fingerprint density at radius 3 is 2.65 bits per heavy atom. The third-order valence-corrected chi connectivity index (χ3v) is 2.56. The SMILES string of the molecule is Cc1cc(=O)n(Cc2ccccc2OC(F)(F)F)cn1. The summed E-state index contributed by atoms with van der Waals surface area (Å²) in [6, 6.07) is 6.99. The number of rotatable bonds is 3. The Balaban J connectivity index is 2.32. The molecular formula is C13H11F3N2O2. The van der Waals surface area contributed by atoms with Gasteiger partial charge in [-0.05, 0) is 13.0 Å². The predicted octanol–water partition coefficient (Wildman–Crippen LogP) is 2.50. The minimum Gasteiger partial charge on any atom is -0.405 e. The number of para-hydroxylation sites is 1. The number of hydrogen-bond donors (Lipinski definition) is 0. The molecule has 0 aliphatic carbocycles. The second-order valence-electron chi connectivity index (χ2n) is 4.15. The van der Waals surface area contributed by atoms with E-state index in [-0.39, 0.29) is 23.4 Å². The summed E-state index contributed by atoms with van der Waals surface area (Å²) in [5, 5.41) is 0. The molecule has 1 aromatic carbocycles. The molecule has 0 unspecified atom stereocenters. The van der Waals surface area contributed by atoms with E-state index in [2.05, 4.69) is 9.72 Å². The van der Waals surface area contributed by atoms with Crippen LogP contribution in [-0.4, -0.2) is 15.9 Å². The summed E-state index contributed by atoms with van der Waals surface area (Å²) in [7, 11) is 0. The zero-order valence-corrected chi connectivity index (χ0v) is 10.5. The maximum absolute atomic E-state index is 12.3. The predicted molar refractivity (Wildman–Crippen MR) is 65.5 cm³/mol. The fourth-order valence-electron chi connectivity index (χ4n) is 1.68. The van der Waals surface area contributed by atoms with Crippen molar-refractivity contribution < 1.29 is 17.9 Å². The molecular weight excluding hydrogens is 273 g/mol. The van der Waals surface area contributed by atoms with E-state index in [4.69, 9.17) is 0 Å². The lowest BCUT2D eigenvalue weighted by atomic mass is 10.2. The Morgan fingerprint density at radius 2 is 2.00 bits per heavy atom. The van der Waals surface area contributed by atoms with E-state index in [9.17, 15) is 18.0 Å². The van der Waals surface area contributed by atoms with Crippen LogP contribution in [0.2, 0.25) is 0 Å². The van der Waals surface area contributed by atoms with Crippen LogP contribution in [0, 0.1) is 6.92 Å². The summed E-state index contributed by atoms with van der Waals surface area (Å²) >= 11 is 0. The van der Waals surface area contributed by atoms with Gasteiger partial charge in [-0.1, -0.05) is 18.2 Å². The lowest BCUT2D eigenvalue weighted by Crippen LogP contribution is -2.22. The fourth-order valence-corrected chi connectivity index (χ4v) is 1.68. The number of nitrogens with zero attached hydrogens (tertiary/aromatic N) is 2. The average Bonchev–Trinajstić information content (AvgIpc) is 2.33. The highest BCUT2D eigenvalue weighted by Gasteiger charge is 2.31. The van der Waals surface area contributed by atoms with E-state index < -0.39 is 6.36 Å². The number of aryl methyl sites for hydroxylation is 1. The zero-order valence-electron chi connectivity index (χ0n) is 10.5. The molecule has 0 saturated carbocycles. The van der Waals surface area contributed by atoms with Crippen LogP contribution in [0.4, 0.5) is 13.2 Å². The highest BCUT2D eigenvalue weighted by atomic mass is 19.4. The molecule has 0 radical (unpaired) electrons. The Labute approximate surface area is 112 Å². The molecule has 106 valence electrons. The van der Waals surface area contributed by atoms with Gasteiger partial charge in [0.1, 0.15) is 5.75 Å². The summed E-state index contributed by atoms with van der Waals surface area (Å²) in [4.78, 5) is 15.6. The van der Waals surface area contributed by atoms with Gasteiger partial charge in [0.05, 0.1) is 12.9 Å². The molecule has 0 atom stereocenters. The lowest BCUT2D eigenvalue weighted by Gasteiger charge is -2.13. The zero-order chi connectivity index (χ0) is 14.8. The van der Waals surface area contributed by atoms with E-state index in [1.807, 2.05) is 0 Å². The Bertz CT molecular complexity index is 665. The monoisotopic (exact) mass is 284 g/mol. The highest BCUT2D eigenvalue weighted by Crippen LogP contribution is 2.26. The van der Waals surface area contributed by atoms with Gasteiger partial charge in [-0.15, -0.1) is 13.2 Å². The molecule has 2 rings (SSSR count).